The number of amides is 1. The number of benzene rings is 1. The summed E-state index contributed by atoms with van der Waals surface area (Å²) in [6.45, 7) is 3.69. The predicted molar refractivity (Wildman–Crippen MR) is 74.5 cm³/mol. The van der Waals surface area contributed by atoms with E-state index in [-0.39, 0.29) is 18.3 Å². The van der Waals surface area contributed by atoms with Crippen LogP contribution in [0.5, 0.6) is 0 Å². The monoisotopic (exact) mass is 288 g/mol. The fourth-order valence-electron chi connectivity index (χ4n) is 1.72. The molecule has 0 aliphatic carbocycles. The Morgan fingerprint density at radius 1 is 1.29 bits per heavy atom. The van der Waals surface area contributed by atoms with Gasteiger partial charge in [-0.2, -0.15) is 0 Å². The van der Waals surface area contributed by atoms with Crippen molar-refractivity contribution in [2.24, 2.45) is 0 Å². The Kier molecular flexibility index (Phi) is 4.71. The van der Waals surface area contributed by atoms with Gasteiger partial charge in [-0.1, -0.05) is 29.4 Å². The summed E-state index contributed by atoms with van der Waals surface area (Å²) >= 11 is 0. The van der Waals surface area contributed by atoms with E-state index < -0.39 is 5.97 Å². The third-order valence-corrected chi connectivity index (χ3v) is 2.90. The Morgan fingerprint density at radius 2 is 2.05 bits per heavy atom. The normalized spacial score (nSPS) is 10.2. The van der Waals surface area contributed by atoms with E-state index in [1.54, 1.807) is 6.92 Å². The maximum absolute atomic E-state index is 11.6. The minimum absolute atomic E-state index is 0.0146. The topological polar surface area (TPSA) is 81.4 Å². The van der Waals surface area contributed by atoms with Crippen LogP contribution in [0.2, 0.25) is 0 Å². The van der Waals surface area contributed by atoms with Crippen LogP contribution in [-0.4, -0.2) is 23.6 Å². The second kappa shape index (κ2) is 6.69. The number of rotatable bonds is 5. The second-order valence-corrected chi connectivity index (χ2v) is 4.61. The maximum Gasteiger partial charge on any atom is 0.377 e. The van der Waals surface area contributed by atoms with Crippen molar-refractivity contribution in [1.29, 1.82) is 0 Å². The molecule has 0 spiro atoms. The summed E-state index contributed by atoms with van der Waals surface area (Å²) in [4.78, 5) is 23.2. The van der Waals surface area contributed by atoms with Crippen molar-refractivity contribution in [3.8, 4) is 0 Å². The third kappa shape index (κ3) is 4.17. The second-order valence-electron chi connectivity index (χ2n) is 4.61. The minimum atomic E-state index is -0.707. The van der Waals surface area contributed by atoms with Gasteiger partial charge < -0.3 is 14.6 Å². The molecule has 0 saturated heterocycles. The first kappa shape index (κ1) is 14.8. The lowest BCUT2D eigenvalue weighted by atomic mass is 10.1. The van der Waals surface area contributed by atoms with E-state index in [9.17, 15) is 9.59 Å². The van der Waals surface area contributed by atoms with E-state index in [0.29, 0.717) is 12.2 Å². The molecular formula is C15H16N2O4. The summed E-state index contributed by atoms with van der Waals surface area (Å²) in [7, 11) is 0. The smallest absolute Gasteiger partial charge is 0.377 e. The van der Waals surface area contributed by atoms with Crippen LogP contribution in [0.15, 0.2) is 34.9 Å². The highest BCUT2D eigenvalue weighted by Crippen LogP contribution is 2.06. The fraction of sp³-hybridized carbons (Fsp3) is 0.267. The highest BCUT2D eigenvalue weighted by molar-refractivity contribution is 5.88. The van der Waals surface area contributed by atoms with Crippen molar-refractivity contribution >= 4 is 11.9 Å². The van der Waals surface area contributed by atoms with Gasteiger partial charge in [0.2, 0.25) is 5.76 Å². The molecule has 2 rings (SSSR count). The van der Waals surface area contributed by atoms with Crippen LogP contribution in [0.25, 0.3) is 0 Å². The molecule has 6 nitrogen and oxygen atoms in total. The van der Waals surface area contributed by atoms with E-state index in [2.05, 4.69) is 10.5 Å². The Labute approximate surface area is 122 Å². The zero-order chi connectivity index (χ0) is 15.2. The van der Waals surface area contributed by atoms with Crippen molar-refractivity contribution < 1.29 is 18.8 Å². The van der Waals surface area contributed by atoms with Crippen molar-refractivity contribution in [3.05, 3.63) is 52.9 Å². The lowest BCUT2D eigenvalue weighted by Crippen LogP contribution is -2.28. The number of aryl methyl sites for hydroxylation is 2. The maximum atomic E-state index is 11.6. The van der Waals surface area contributed by atoms with Crippen molar-refractivity contribution in [1.82, 2.24) is 10.5 Å². The molecule has 110 valence electrons. The van der Waals surface area contributed by atoms with Crippen LogP contribution in [-0.2, 0) is 16.1 Å². The van der Waals surface area contributed by atoms with Gasteiger partial charge in [0.05, 0.1) is 5.69 Å². The summed E-state index contributed by atoms with van der Waals surface area (Å²) in [6.07, 6.45) is 0. The molecule has 0 bridgehead atoms. The van der Waals surface area contributed by atoms with E-state index in [1.165, 1.54) is 6.07 Å². The first-order valence-electron chi connectivity index (χ1n) is 6.48. The number of esters is 1. The molecule has 0 unspecified atom stereocenters. The molecule has 0 radical (unpaired) electrons. The molecule has 0 atom stereocenters. The van der Waals surface area contributed by atoms with E-state index in [1.807, 2.05) is 31.2 Å². The molecule has 6 heteroatoms. The average molecular weight is 288 g/mol. The van der Waals surface area contributed by atoms with Crippen LogP contribution in [0, 0.1) is 13.8 Å². The van der Waals surface area contributed by atoms with Gasteiger partial charge >= 0.3 is 5.97 Å². The summed E-state index contributed by atoms with van der Waals surface area (Å²) in [5.74, 6) is -1.09. The van der Waals surface area contributed by atoms with Gasteiger partial charge in [0.15, 0.2) is 6.61 Å². The van der Waals surface area contributed by atoms with Gasteiger partial charge in [0.25, 0.3) is 5.91 Å². The number of carbonyl (C=O) groups is 2. The molecule has 21 heavy (non-hydrogen) atoms. The molecule has 1 amide bonds. The third-order valence-electron chi connectivity index (χ3n) is 2.90. The molecule has 1 heterocycles. The van der Waals surface area contributed by atoms with Crippen molar-refractivity contribution in [2.45, 2.75) is 20.4 Å². The van der Waals surface area contributed by atoms with Crippen LogP contribution < -0.4 is 5.32 Å². The van der Waals surface area contributed by atoms with Gasteiger partial charge in [-0.15, -0.1) is 0 Å². The summed E-state index contributed by atoms with van der Waals surface area (Å²) in [5, 5.41) is 6.26. The SMILES string of the molecule is Cc1cc(C(=O)OCC(=O)NCc2ccccc2C)on1. The molecule has 0 aliphatic rings. The van der Waals surface area contributed by atoms with Crippen molar-refractivity contribution in [2.75, 3.05) is 6.61 Å². The van der Waals surface area contributed by atoms with Crippen LogP contribution in [0.4, 0.5) is 0 Å². The molecule has 0 fully saturated rings. The van der Waals surface area contributed by atoms with Gasteiger partial charge in [-0.05, 0) is 25.0 Å². The fourth-order valence-corrected chi connectivity index (χ4v) is 1.72. The molecule has 1 N–H and O–H groups in total. The van der Waals surface area contributed by atoms with E-state index >= 15 is 0 Å². The first-order valence-corrected chi connectivity index (χ1v) is 6.48. The molecule has 2 aromatic rings. The number of carbonyl (C=O) groups excluding carboxylic acids is 2. The molecular weight excluding hydrogens is 272 g/mol. The van der Waals surface area contributed by atoms with Crippen LogP contribution in [0.3, 0.4) is 0 Å². The van der Waals surface area contributed by atoms with Gasteiger partial charge in [0.1, 0.15) is 0 Å². The Morgan fingerprint density at radius 3 is 2.71 bits per heavy atom. The van der Waals surface area contributed by atoms with Gasteiger partial charge in [-0.25, -0.2) is 4.79 Å². The number of hydrogen-bond donors (Lipinski definition) is 1. The number of nitrogens with one attached hydrogen (secondary N) is 1. The zero-order valence-electron chi connectivity index (χ0n) is 11.9. The molecule has 0 saturated carbocycles. The van der Waals surface area contributed by atoms with Crippen LogP contribution >= 0.6 is 0 Å². The molecule has 1 aromatic heterocycles. The number of nitrogens with zero attached hydrogens (tertiary/aromatic N) is 1. The Bertz CT molecular complexity index is 649. The summed E-state index contributed by atoms with van der Waals surface area (Å²) in [6, 6.07) is 9.18. The van der Waals surface area contributed by atoms with E-state index in [4.69, 9.17) is 9.26 Å². The first-order chi connectivity index (χ1) is 10.1. The highest BCUT2D eigenvalue weighted by atomic mass is 16.6. The predicted octanol–water partition coefficient (Wildman–Crippen LogP) is 1.76. The lowest BCUT2D eigenvalue weighted by molar-refractivity contribution is -0.124. The quantitative estimate of drug-likeness (QED) is 0.848. The standard InChI is InChI=1S/C15H16N2O4/c1-10-5-3-4-6-12(10)8-16-14(18)9-20-15(19)13-7-11(2)17-21-13/h3-7H,8-9H2,1-2H3,(H,16,18). The van der Waals surface area contributed by atoms with E-state index in [0.717, 1.165) is 11.1 Å². The Hall–Kier alpha value is -2.63. The zero-order valence-corrected chi connectivity index (χ0v) is 11.9. The summed E-state index contributed by atoms with van der Waals surface area (Å²) < 4.78 is 9.58. The van der Waals surface area contributed by atoms with Gasteiger partial charge in [0, 0.05) is 12.6 Å². The Balaban J connectivity index is 1.78. The number of hydrogen-bond acceptors (Lipinski definition) is 5. The van der Waals surface area contributed by atoms with Gasteiger partial charge in [-0.3, -0.25) is 4.79 Å². The number of aromatic nitrogens is 1. The van der Waals surface area contributed by atoms with Crippen LogP contribution in [0.1, 0.15) is 27.4 Å². The average Bonchev–Trinajstić information content (AvgIpc) is 2.90. The lowest BCUT2D eigenvalue weighted by Gasteiger charge is -2.07. The van der Waals surface area contributed by atoms with Crippen molar-refractivity contribution in [3.63, 3.8) is 0 Å². The summed E-state index contributed by atoms with van der Waals surface area (Å²) in [5.41, 5.74) is 2.68. The largest absolute Gasteiger partial charge is 0.450 e. The highest BCUT2D eigenvalue weighted by Gasteiger charge is 2.14. The molecule has 1 aromatic carbocycles. The number of ether oxygens (including phenoxy) is 1. The molecule has 0 aliphatic heterocycles. The minimum Gasteiger partial charge on any atom is -0.450 e.